The summed E-state index contributed by atoms with van der Waals surface area (Å²) in [5.74, 6) is 0.987. The molecule has 9 nitrogen and oxygen atoms in total. The molecule has 1 aliphatic rings. The standard InChI is InChI=1S/C31H29N7O2S/c1-17(2)10-28(40)36-21-11-19(13-33-15-21)20-12-23-22(6-8-32-16-25(23)35-14-20)31-37-24-7-9-34-30(29(24)38-31)27-5-4-26(41-27)18(3)39/h4-7,9,11-15,17,32H,8,10,16H2,1-3H3,(H,36,40)(H,37,38). The molecular formula is C31H29N7O2S. The van der Waals surface area contributed by atoms with Gasteiger partial charge in [0.15, 0.2) is 5.78 Å². The zero-order chi connectivity index (χ0) is 28.5. The molecule has 0 atom stereocenters. The number of hydrogen-bond acceptors (Lipinski definition) is 8. The number of Topliss-reactive ketones (excluding diaryl/α,β-unsaturated/α-hetero) is 1. The second-order valence-corrected chi connectivity index (χ2v) is 11.5. The Labute approximate surface area is 241 Å². The monoisotopic (exact) mass is 563 g/mol. The van der Waals surface area contributed by atoms with Gasteiger partial charge in [-0.05, 0) is 43.2 Å². The van der Waals surface area contributed by atoms with Crippen LogP contribution in [-0.4, -0.2) is 43.2 Å². The van der Waals surface area contributed by atoms with E-state index in [0.29, 0.717) is 35.9 Å². The summed E-state index contributed by atoms with van der Waals surface area (Å²) in [4.78, 5) is 48.0. The van der Waals surface area contributed by atoms with E-state index in [-0.39, 0.29) is 17.6 Å². The lowest BCUT2D eigenvalue weighted by molar-refractivity contribution is -0.116. The number of nitrogens with zero attached hydrogens (tertiary/aromatic N) is 4. The first-order valence-corrected chi connectivity index (χ1v) is 14.3. The molecule has 6 rings (SSSR count). The lowest BCUT2D eigenvalue weighted by atomic mass is 9.99. The van der Waals surface area contributed by atoms with Crippen LogP contribution in [-0.2, 0) is 11.3 Å². The van der Waals surface area contributed by atoms with Crippen LogP contribution in [0.5, 0.6) is 0 Å². The first kappa shape index (κ1) is 26.7. The van der Waals surface area contributed by atoms with Gasteiger partial charge in [0.2, 0.25) is 5.91 Å². The number of imidazole rings is 1. The number of carbonyl (C=O) groups excluding carboxylic acids is 2. The number of rotatable bonds is 7. The topological polar surface area (TPSA) is 126 Å². The zero-order valence-corrected chi connectivity index (χ0v) is 23.8. The first-order valence-electron chi connectivity index (χ1n) is 13.5. The summed E-state index contributed by atoms with van der Waals surface area (Å²) in [6, 6.07) is 9.68. The quantitative estimate of drug-likeness (QED) is 0.212. The molecule has 0 aliphatic carbocycles. The second-order valence-electron chi connectivity index (χ2n) is 10.4. The molecule has 5 aromatic rings. The predicted octanol–water partition coefficient (Wildman–Crippen LogP) is 5.87. The maximum absolute atomic E-state index is 12.3. The van der Waals surface area contributed by atoms with Crippen LogP contribution < -0.4 is 10.6 Å². The van der Waals surface area contributed by atoms with Crippen LogP contribution in [0.2, 0.25) is 0 Å². The highest BCUT2D eigenvalue weighted by Gasteiger charge is 2.20. The van der Waals surface area contributed by atoms with Crippen molar-refractivity contribution in [2.45, 2.75) is 33.7 Å². The molecule has 0 saturated carbocycles. The molecule has 0 radical (unpaired) electrons. The molecule has 1 aliphatic heterocycles. The summed E-state index contributed by atoms with van der Waals surface area (Å²) in [5, 5.41) is 6.36. The highest BCUT2D eigenvalue weighted by molar-refractivity contribution is 7.17. The molecule has 0 aromatic carbocycles. The minimum Gasteiger partial charge on any atom is -0.338 e. The molecule has 0 bridgehead atoms. The van der Waals surface area contributed by atoms with E-state index < -0.39 is 0 Å². The highest BCUT2D eigenvalue weighted by Crippen LogP contribution is 2.35. The van der Waals surface area contributed by atoms with E-state index in [9.17, 15) is 9.59 Å². The Bertz CT molecular complexity index is 1820. The number of carbonyl (C=O) groups is 2. The van der Waals surface area contributed by atoms with Gasteiger partial charge in [0, 0.05) is 60.4 Å². The van der Waals surface area contributed by atoms with Crippen LogP contribution in [0.15, 0.2) is 61.2 Å². The zero-order valence-electron chi connectivity index (χ0n) is 23.0. The number of amides is 1. The fraction of sp³-hybridized carbons (Fsp3) is 0.226. The number of nitrogens with one attached hydrogen (secondary N) is 3. The third-order valence-electron chi connectivity index (χ3n) is 6.79. The number of pyridine rings is 3. The number of H-pyrrole nitrogens is 1. The predicted molar refractivity (Wildman–Crippen MR) is 162 cm³/mol. The largest absolute Gasteiger partial charge is 0.338 e. The Morgan fingerprint density at radius 2 is 1.93 bits per heavy atom. The number of aromatic nitrogens is 5. The van der Waals surface area contributed by atoms with Crippen molar-refractivity contribution in [3.8, 4) is 21.7 Å². The normalized spacial score (nSPS) is 13.1. The van der Waals surface area contributed by atoms with E-state index in [1.54, 1.807) is 25.5 Å². The third-order valence-corrected chi connectivity index (χ3v) is 7.99. The minimum absolute atomic E-state index is 0.0332. The molecule has 3 N–H and O–H groups in total. The van der Waals surface area contributed by atoms with E-state index in [0.717, 1.165) is 49.6 Å². The summed E-state index contributed by atoms with van der Waals surface area (Å²) in [7, 11) is 0. The van der Waals surface area contributed by atoms with Gasteiger partial charge in [-0.15, -0.1) is 11.3 Å². The number of fused-ring (bicyclic) bond motifs is 2. The van der Waals surface area contributed by atoms with E-state index in [4.69, 9.17) is 9.97 Å². The molecule has 0 fully saturated rings. The Kier molecular flexibility index (Phi) is 7.25. The maximum Gasteiger partial charge on any atom is 0.224 e. The van der Waals surface area contributed by atoms with Crippen molar-refractivity contribution < 1.29 is 9.59 Å². The van der Waals surface area contributed by atoms with Gasteiger partial charge in [-0.25, -0.2) is 4.98 Å². The Morgan fingerprint density at radius 3 is 2.73 bits per heavy atom. The van der Waals surface area contributed by atoms with Crippen LogP contribution in [0, 0.1) is 5.92 Å². The maximum atomic E-state index is 12.3. The van der Waals surface area contributed by atoms with Crippen molar-refractivity contribution >= 4 is 45.3 Å². The highest BCUT2D eigenvalue weighted by atomic mass is 32.1. The molecule has 10 heteroatoms. The molecule has 6 heterocycles. The van der Waals surface area contributed by atoms with Crippen molar-refractivity contribution in [1.29, 1.82) is 0 Å². The van der Waals surface area contributed by atoms with Gasteiger partial charge in [0.05, 0.1) is 32.8 Å². The number of ketones is 1. The van der Waals surface area contributed by atoms with Crippen molar-refractivity contribution in [3.05, 3.63) is 83.2 Å². The van der Waals surface area contributed by atoms with Crippen molar-refractivity contribution in [2.24, 2.45) is 5.92 Å². The summed E-state index contributed by atoms with van der Waals surface area (Å²) in [6.45, 7) is 6.88. The lowest BCUT2D eigenvalue weighted by Crippen LogP contribution is -2.14. The van der Waals surface area contributed by atoms with Gasteiger partial charge in [-0.3, -0.25) is 24.5 Å². The lowest BCUT2D eigenvalue weighted by Gasteiger charge is -2.12. The number of thiophene rings is 1. The van der Waals surface area contributed by atoms with Gasteiger partial charge >= 0.3 is 0 Å². The summed E-state index contributed by atoms with van der Waals surface area (Å²) < 4.78 is 0. The van der Waals surface area contributed by atoms with Gasteiger partial charge < -0.3 is 15.6 Å². The Hall–Kier alpha value is -4.54. The number of anilines is 1. The fourth-order valence-electron chi connectivity index (χ4n) is 4.87. The van der Waals surface area contributed by atoms with E-state index >= 15 is 0 Å². The fourth-order valence-corrected chi connectivity index (χ4v) is 5.77. The van der Waals surface area contributed by atoms with Crippen LogP contribution in [0.4, 0.5) is 5.69 Å². The average molecular weight is 564 g/mol. The van der Waals surface area contributed by atoms with Crippen molar-refractivity contribution in [1.82, 2.24) is 30.2 Å². The SMILES string of the molecule is CC(=O)c1ccc(-c2nccc3[nH]c(C4=CCNCc5ncc(-c6cncc(NC(=O)CC(C)C)c6)cc54)nc23)s1. The van der Waals surface area contributed by atoms with E-state index in [1.807, 2.05) is 44.3 Å². The Balaban J connectivity index is 1.38. The minimum atomic E-state index is -0.0332. The molecule has 0 spiro atoms. The van der Waals surface area contributed by atoms with Gasteiger partial charge in [0.1, 0.15) is 17.0 Å². The van der Waals surface area contributed by atoms with Gasteiger partial charge in [0.25, 0.3) is 0 Å². The van der Waals surface area contributed by atoms with Gasteiger partial charge in [-0.1, -0.05) is 19.9 Å². The van der Waals surface area contributed by atoms with Crippen molar-refractivity contribution in [3.63, 3.8) is 0 Å². The van der Waals surface area contributed by atoms with Crippen LogP contribution in [0.3, 0.4) is 0 Å². The molecular weight excluding hydrogens is 534 g/mol. The molecule has 41 heavy (non-hydrogen) atoms. The molecule has 5 aromatic heterocycles. The smallest absolute Gasteiger partial charge is 0.224 e. The van der Waals surface area contributed by atoms with Crippen LogP contribution in [0.25, 0.3) is 38.3 Å². The van der Waals surface area contributed by atoms with Crippen LogP contribution in [0.1, 0.15) is 53.9 Å². The summed E-state index contributed by atoms with van der Waals surface area (Å²) in [5.41, 5.74) is 7.56. The molecule has 0 saturated heterocycles. The number of hydrogen-bond donors (Lipinski definition) is 3. The second kappa shape index (κ2) is 11.1. The average Bonchev–Trinajstić information content (AvgIpc) is 3.56. The molecule has 0 unspecified atom stereocenters. The van der Waals surface area contributed by atoms with E-state index in [2.05, 4.69) is 37.7 Å². The number of aromatic amines is 1. The third kappa shape index (κ3) is 5.57. The van der Waals surface area contributed by atoms with E-state index in [1.165, 1.54) is 11.3 Å². The summed E-state index contributed by atoms with van der Waals surface area (Å²) >= 11 is 1.42. The summed E-state index contributed by atoms with van der Waals surface area (Å²) in [6.07, 6.45) is 9.58. The van der Waals surface area contributed by atoms with Crippen molar-refractivity contribution in [2.75, 3.05) is 11.9 Å². The first-order chi connectivity index (χ1) is 19.9. The van der Waals surface area contributed by atoms with Crippen LogP contribution >= 0.6 is 11.3 Å². The van der Waals surface area contributed by atoms with Gasteiger partial charge in [-0.2, -0.15) is 0 Å². The Morgan fingerprint density at radius 1 is 1.07 bits per heavy atom. The molecule has 206 valence electrons. The molecule has 1 amide bonds.